The maximum atomic E-state index is 6.71. The molecule has 0 spiro atoms. The van der Waals surface area contributed by atoms with Crippen molar-refractivity contribution in [2.75, 3.05) is 9.80 Å². The highest BCUT2D eigenvalue weighted by Gasteiger charge is 2.21. The van der Waals surface area contributed by atoms with Gasteiger partial charge in [0.2, 0.25) is 0 Å². The quantitative estimate of drug-likeness (QED) is 0.168. The SMILES string of the molecule is Cc1ccc(N(c2ccc3cc4c(cc3c2)oc2cc3oc5cc6cc(N(c7ccc(C)cc7)c7ccc(C)cc7C)ccc6cc5c3c(C)c24)c2ccc(C)cc2C)cc1. The lowest BCUT2D eigenvalue weighted by Gasteiger charge is -2.27. The van der Waals surface area contributed by atoms with Crippen LogP contribution in [0.25, 0.3) is 65.4 Å². The molecule has 0 saturated carbocycles. The Labute approximate surface area is 355 Å². The van der Waals surface area contributed by atoms with E-state index in [4.69, 9.17) is 8.83 Å². The Bertz CT molecular complexity index is 3320. The molecule has 296 valence electrons. The topological polar surface area (TPSA) is 32.8 Å². The van der Waals surface area contributed by atoms with Gasteiger partial charge in [0.25, 0.3) is 0 Å². The molecule has 11 aromatic rings. The largest absolute Gasteiger partial charge is 0.456 e. The molecule has 9 aromatic carbocycles. The molecule has 2 heterocycles. The van der Waals surface area contributed by atoms with E-state index in [0.29, 0.717) is 0 Å². The summed E-state index contributed by atoms with van der Waals surface area (Å²) in [7, 11) is 0. The molecule has 0 radical (unpaired) electrons. The molecule has 4 heteroatoms. The van der Waals surface area contributed by atoms with Gasteiger partial charge in [0, 0.05) is 61.7 Å². The van der Waals surface area contributed by atoms with Gasteiger partial charge in [-0.3, -0.25) is 0 Å². The van der Waals surface area contributed by atoms with Crippen LogP contribution in [0.3, 0.4) is 0 Å². The summed E-state index contributed by atoms with van der Waals surface area (Å²) in [5.41, 5.74) is 18.8. The van der Waals surface area contributed by atoms with Gasteiger partial charge < -0.3 is 18.6 Å². The second-order valence-electron chi connectivity index (χ2n) is 17.1. The highest BCUT2D eigenvalue weighted by atomic mass is 16.3. The number of nitrogens with zero attached hydrogens (tertiary/aromatic N) is 2. The number of anilines is 6. The Kier molecular flexibility index (Phi) is 8.37. The van der Waals surface area contributed by atoms with Crippen molar-refractivity contribution in [3.63, 3.8) is 0 Å². The van der Waals surface area contributed by atoms with Gasteiger partial charge in [-0.1, -0.05) is 82.9 Å². The second kappa shape index (κ2) is 13.9. The minimum Gasteiger partial charge on any atom is -0.456 e. The van der Waals surface area contributed by atoms with Crippen molar-refractivity contribution >= 4 is 99.5 Å². The maximum Gasteiger partial charge on any atom is 0.139 e. The summed E-state index contributed by atoms with van der Waals surface area (Å²) < 4.78 is 13.4. The number of hydrogen-bond acceptors (Lipinski definition) is 4. The van der Waals surface area contributed by atoms with Gasteiger partial charge in [0.05, 0.1) is 0 Å². The van der Waals surface area contributed by atoms with Gasteiger partial charge >= 0.3 is 0 Å². The van der Waals surface area contributed by atoms with Crippen molar-refractivity contribution in [1.29, 1.82) is 0 Å². The number of fused-ring (bicyclic) bond motifs is 8. The van der Waals surface area contributed by atoms with Gasteiger partial charge in [-0.05, 0) is 172 Å². The lowest BCUT2D eigenvalue weighted by Crippen LogP contribution is -2.11. The summed E-state index contributed by atoms with van der Waals surface area (Å²) in [6.45, 7) is 15.2. The van der Waals surface area contributed by atoms with Crippen LogP contribution < -0.4 is 9.80 Å². The molecule has 11 rings (SSSR count). The van der Waals surface area contributed by atoms with Crippen LogP contribution in [0.5, 0.6) is 0 Å². The van der Waals surface area contributed by atoms with Gasteiger partial charge in [-0.25, -0.2) is 0 Å². The molecule has 0 atom stereocenters. The first kappa shape index (κ1) is 36.8. The Morgan fingerprint density at radius 1 is 0.311 bits per heavy atom. The first-order chi connectivity index (χ1) is 29.6. The zero-order chi connectivity index (χ0) is 41.7. The maximum absolute atomic E-state index is 6.71. The molecule has 0 N–H and O–H groups in total. The molecule has 0 aliphatic carbocycles. The zero-order valence-corrected chi connectivity index (χ0v) is 35.6. The molecule has 0 bridgehead atoms. The predicted octanol–water partition coefficient (Wildman–Crippen LogP) is 16.9. The van der Waals surface area contributed by atoms with Gasteiger partial charge in [0.1, 0.15) is 22.3 Å². The molecule has 2 aromatic heterocycles. The van der Waals surface area contributed by atoms with Crippen LogP contribution in [-0.2, 0) is 0 Å². The number of benzene rings is 9. The van der Waals surface area contributed by atoms with E-state index in [1.54, 1.807) is 0 Å². The van der Waals surface area contributed by atoms with Gasteiger partial charge in [-0.15, -0.1) is 0 Å². The van der Waals surface area contributed by atoms with E-state index in [-0.39, 0.29) is 0 Å². The summed E-state index contributed by atoms with van der Waals surface area (Å²) in [5, 5.41) is 9.08. The molecule has 0 aliphatic rings. The van der Waals surface area contributed by atoms with Crippen molar-refractivity contribution in [2.24, 2.45) is 0 Å². The van der Waals surface area contributed by atoms with Crippen molar-refractivity contribution in [3.8, 4) is 0 Å². The molecule has 61 heavy (non-hydrogen) atoms. The molecular weight excluding hydrogens is 745 g/mol. The third kappa shape index (κ3) is 6.13. The fraction of sp³-hybridized carbons (Fsp3) is 0.123. The summed E-state index contributed by atoms with van der Waals surface area (Å²) in [5.74, 6) is 0. The van der Waals surface area contributed by atoms with Crippen LogP contribution in [0.15, 0.2) is 160 Å². The standard InChI is InChI=1S/C57H46N2O2/c1-33-8-16-44(17-9-33)58(50-22-12-35(3)24-37(50)5)46-20-14-40-28-48-52(30-42(40)26-46)60-54-32-55-57(39(7)56(48)54)49-29-41-15-21-47(27-43(41)31-53(49)61-55)59(45-18-10-34(2)11-19-45)51-23-13-36(4)25-38(51)6/h8-32H,1-7H3. The van der Waals surface area contributed by atoms with Crippen LogP contribution in [0, 0.1) is 48.5 Å². The van der Waals surface area contributed by atoms with E-state index in [2.05, 4.69) is 210 Å². The van der Waals surface area contributed by atoms with Gasteiger partial charge in [0.15, 0.2) is 0 Å². The Morgan fingerprint density at radius 2 is 0.705 bits per heavy atom. The fourth-order valence-corrected chi connectivity index (χ4v) is 9.55. The van der Waals surface area contributed by atoms with Crippen LogP contribution in [0.1, 0.15) is 38.9 Å². The summed E-state index contributed by atoms with van der Waals surface area (Å²) in [6, 6.07) is 55.5. The smallest absolute Gasteiger partial charge is 0.139 e. The van der Waals surface area contributed by atoms with Crippen LogP contribution in [-0.4, -0.2) is 0 Å². The molecule has 0 saturated heterocycles. The number of rotatable bonds is 6. The molecular formula is C57H46N2O2. The zero-order valence-electron chi connectivity index (χ0n) is 35.6. The Morgan fingerprint density at radius 3 is 1.11 bits per heavy atom. The molecule has 0 unspecified atom stereocenters. The van der Waals surface area contributed by atoms with Crippen molar-refractivity contribution < 1.29 is 8.83 Å². The highest BCUT2D eigenvalue weighted by Crippen LogP contribution is 2.45. The number of aryl methyl sites for hydroxylation is 7. The lowest BCUT2D eigenvalue weighted by atomic mass is 9.98. The third-order valence-electron chi connectivity index (χ3n) is 12.6. The van der Waals surface area contributed by atoms with E-state index < -0.39 is 0 Å². The number of hydrogen-bond donors (Lipinski definition) is 0. The van der Waals surface area contributed by atoms with Crippen molar-refractivity contribution in [2.45, 2.75) is 48.5 Å². The molecule has 0 aliphatic heterocycles. The van der Waals surface area contributed by atoms with E-state index >= 15 is 0 Å². The Hall–Kier alpha value is -7.30. The van der Waals surface area contributed by atoms with Crippen molar-refractivity contribution in [1.82, 2.24) is 0 Å². The third-order valence-corrected chi connectivity index (χ3v) is 12.6. The van der Waals surface area contributed by atoms with Crippen molar-refractivity contribution in [3.05, 3.63) is 191 Å². The monoisotopic (exact) mass is 790 g/mol. The Balaban J connectivity index is 1.02. The van der Waals surface area contributed by atoms with Crippen LogP contribution in [0.4, 0.5) is 34.1 Å². The minimum absolute atomic E-state index is 0.834. The first-order valence-electron chi connectivity index (χ1n) is 21.1. The first-order valence-corrected chi connectivity index (χ1v) is 21.1. The van der Waals surface area contributed by atoms with Gasteiger partial charge in [-0.2, -0.15) is 0 Å². The highest BCUT2D eigenvalue weighted by molar-refractivity contribution is 6.21. The number of furan rings is 2. The van der Waals surface area contributed by atoms with E-state index in [1.165, 1.54) is 55.5 Å². The molecule has 0 amide bonds. The minimum atomic E-state index is 0.834. The summed E-state index contributed by atoms with van der Waals surface area (Å²) in [4.78, 5) is 4.71. The normalized spacial score (nSPS) is 11.9. The molecule has 0 fully saturated rings. The summed E-state index contributed by atoms with van der Waals surface area (Å²) in [6.07, 6.45) is 0. The van der Waals surface area contributed by atoms with E-state index in [1.807, 2.05) is 0 Å². The van der Waals surface area contributed by atoms with Crippen LogP contribution in [0.2, 0.25) is 0 Å². The lowest BCUT2D eigenvalue weighted by molar-refractivity contribution is 0.656. The molecule has 4 nitrogen and oxygen atoms in total. The predicted molar refractivity (Wildman–Crippen MR) is 259 cm³/mol. The summed E-state index contributed by atoms with van der Waals surface area (Å²) >= 11 is 0. The van der Waals surface area contributed by atoms with E-state index in [0.717, 1.165) is 83.0 Å². The van der Waals surface area contributed by atoms with Crippen LogP contribution >= 0.6 is 0 Å². The average Bonchev–Trinajstić information content (AvgIpc) is 3.79. The van der Waals surface area contributed by atoms with E-state index in [9.17, 15) is 0 Å². The second-order valence-corrected chi connectivity index (χ2v) is 17.1. The fourth-order valence-electron chi connectivity index (χ4n) is 9.55. The average molecular weight is 791 g/mol.